The zero-order valence-corrected chi connectivity index (χ0v) is 18.5. The molecular formula is C20H21ClN5O3S-. The van der Waals surface area contributed by atoms with Crippen molar-refractivity contribution in [3.63, 3.8) is 0 Å². The summed E-state index contributed by atoms with van der Waals surface area (Å²) in [6.45, 7) is 7.62. The lowest BCUT2D eigenvalue weighted by Gasteiger charge is -2.28. The fourth-order valence-electron chi connectivity index (χ4n) is 2.86. The van der Waals surface area contributed by atoms with E-state index in [0.717, 1.165) is 9.87 Å². The van der Waals surface area contributed by atoms with E-state index in [1.54, 1.807) is 12.1 Å². The van der Waals surface area contributed by atoms with Gasteiger partial charge in [0.1, 0.15) is 0 Å². The molecule has 0 saturated heterocycles. The molecule has 0 radical (unpaired) electrons. The van der Waals surface area contributed by atoms with E-state index < -0.39 is 11.3 Å². The lowest BCUT2D eigenvalue weighted by atomic mass is 9.87. The molecule has 2 aromatic heterocycles. The third-order valence-corrected chi connectivity index (χ3v) is 5.18. The van der Waals surface area contributed by atoms with Gasteiger partial charge < -0.3 is 9.87 Å². The summed E-state index contributed by atoms with van der Waals surface area (Å²) >= 11 is 3.47. The van der Waals surface area contributed by atoms with E-state index in [0.29, 0.717) is 11.4 Å². The molecule has 1 N–H and O–H groups in total. The van der Waals surface area contributed by atoms with Crippen LogP contribution in [0.4, 0.5) is 17.1 Å². The lowest BCUT2D eigenvalue weighted by molar-refractivity contribution is -0.114. The minimum atomic E-state index is -2.65. The maximum Gasteiger partial charge on any atom is 0.221 e. The van der Waals surface area contributed by atoms with Gasteiger partial charge in [0.15, 0.2) is 5.82 Å². The van der Waals surface area contributed by atoms with E-state index >= 15 is 0 Å². The summed E-state index contributed by atoms with van der Waals surface area (Å²) in [6.07, 6.45) is 4.38. The predicted molar refractivity (Wildman–Crippen MR) is 117 cm³/mol. The molecule has 2 heterocycles. The van der Waals surface area contributed by atoms with Crippen molar-refractivity contribution in [3.05, 3.63) is 59.5 Å². The second kappa shape index (κ2) is 8.55. The molecule has 10 heteroatoms. The molecule has 158 valence electrons. The van der Waals surface area contributed by atoms with Gasteiger partial charge in [-0.1, -0.05) is 44.5 Å². The molecule has 30 heavy (non-hydrogen) atoms. The summed E-state index contributed by atoms with van der Waals surface area (Å²) in [4.78, 5) is 15.5. The average molecular weight is 447 g/mol. The highest BCUT2D eigenvalue weighted by Gasteiger charge is 2.20. The molecule has 3 aromatic rings. The first-order chi connectivity index (χ1) is 14.1. The summed E-state index contributed by atoms with van der Waals surface area (Å²) in [7, 11) is 0. The Balaban J connectivity index is 2.09. The van der Waals surface area contributed by atoms with E-state index in [2.05, 4.69) is 36.2 Å². The zero-order chi connectivity index (χ0) is 22.1. The van der Waals surface area contributed by atoms with Crippen molar-refractivity contribution in [1.29, 1.82) is 0 Å². The number of amides is 1. The first-order valence-corrected chi connectivity index (χ1v) is 10.5. The molecule has 1 aromatic carbocycles. The molecule has 0 spiro atoms. The Hall–Kier alpha value is -2.75. The minimum Gasteiger partial charge on any atom is -0.755 e. The molecule has 0 bridgehead atoms. The Morgan fingerprint density at radius 1 is 1.23 bits per heavy atom. The van der Waals surface area contributed by atoms with Crippen molar-refractivity contribution in [2.45, 2.75) is 33.1 Å². The van der Waals surface area contributed by atoms with Gasteiger partial charge in [-0.25, -0.2) is 9.67 Å². The fourth-order valence-corrected chi connectivity index (χ4v) is 3.60. The maximum absolute atomic E-state index is 12.2. The van der Waals surface area contributed by atoms with E-state index in [1.807, 2.05) is 12.1 Å². The molecule has 3 rings (SSSR count). The van der Waals surface area contributed by atoms with Gasteiger partial charge >= 0.3 is 0 Å². The van der Waals surface area contributed by atoms with Crippen LogP contribution in [0.1, 0.15) is 33.3 Å². The largest absolute Gasteiger partial charge is 0.755 e. The fraction of sp³-hybridized carbons (Fsp3) is 0.250. The highest BCUT2D eigenvalue weighted by atomic mass is 35.5. The lowest BCUT2D eigenvalue weighted by Crippen LogP contribution is -2.22. The standard InChI is InChI=1S/C20H22ClN5O3S/c1-13(27)24-16-11-23-25(12-16)19-18(9-15(21)10-22-19)26(30(28)29)17-7-5-14(6-8-17)20(2,3)4/h5-12H,1-4H3,(H,24,27)(H,28,29)/p-1. The van der Waals surface area contributed by atoms with E-state index in [1.165, 1.54) is 36.3 Å². The SMILES string of the molecule is CC(=O)Nc1cnn(-c2ncc(Cl)cc2N(c2ccc(C(C)(C)C)cc2)S(=O)[O-])c1. The summed E-state index contributed by atoms with van der Waals surface area (Å²) in [5, 5.41) is 7.07. The third-order valence-electron chi connectivity index (χ3n) is 4.27. The predicted octanol–water partition coefficient (Wildman–Crippen LogP) is 4.11. The second-order valence-electron chi connectivity index (χ2n) is 7.66. The Kier molecular flexibility index (Phi) is 6.25. The summed E-state index contributed by atoms with van der Waals surface area (Å²) in [5.74, 6) is -0.0137. The number of rotatable bonds is 5. The molecular weight excluding hydrogens is 426 g/mol. The molecule has 8 nitrogen and oxygen atoms in total. The van der Waals surface area contributed by atoms with Gasteiger partial charge in [0.2, 0.25) is 5.91 Å². The normalized spacial score (nSPS) is 12.5. The number of carbonyl (C=O) groups excluding carboxylic acids is 1. The molecule has 0 fully saturated rings. The number of aromatic nitrogens is 3. The van der Waals surface area contributed by atoms with Crippen molar-refractivity contribution in [3.8, 4) is 5.82 Å². The third kappa shape index (κ3) is 4.86. The van der Waals surface area contributed by atoms with Crippen molar-refractivity contribution >= 4 is 45.8 Å². The van der Waals surface area contributed by atoms with Crippen LogP contribution in [-0.4, -0.2) is 29.4 Å². The van der Waals surface area contributed by atoms with Crippen LogP contribution in [0.3, 0.4) is 0 Å². The van der Waals surface area contributed by atoms with Crippen molar-refractivity contribution < 1.29 is 13.6 Å². The minimum absolute atomic E-state index is 0.0715. The van der Waals surface area contributed by atoms with Crippen LogP contribution >= 0.6 is 11.6 Å². The van der Waals surface area contributed by atoms with Gasteiger partial charge in [0.25, 0.3) is 0 Å². The van der Waals surface area contributed by atoms with Crippen LogP contribution in [0, 0.1) is 0 Å². The van der Waals surface area contributed by atoms with Crippen LogP contribution in [0.25, 0.3) is 5.82 Å². The number of nitrogens with zero attached hydrogens (tertiary/aromatic N) is 4. The van der Waals surface area contributed by atoms with Crippen molar-refractivity contribution in [1.82, 2.24) is 14.8 Å². The van der Waals surface area contributed by atoms with Gasteiger partial charge in [0, 0.05) is 13.1 Å². The number of pyridine rings is 1. The van der Waals surface area contributed by atoms with Crippen LogP contribution in [0.5, 0.6) is 0 Å². The number of hydrogen-bond donors (Lipinski definition) is 1. The molecule has 0 aliphatic heterocycles. The van der Waals surface area contributed by atoms with Crippen LogP contribution in [0.15, 0.2) is 48.9 Å². The Bertz CT molecular complexity index is 1090. The topological polar surface area (TPSA) is 103 Å². The maximum atomic E-state index is 12.2. The quantitative estimate of drug-likeness (QED) is 0.594. The van der Waals surface area contributed by atoms with E-state index in [9.17, 15) is 13.6 Å². The molecule has 1 atom stereocenters. The van der Waals surface area contributed by atoms with Gasteiger partial charge in [-0.3, -0.25) is 13.3 Å². The van der Waals surface area contributed by atoms with Crippen LogP contribution in [0.2, 0.25) is 5.02 Å². The number of anilines is 3. The number of hydrogen-bond acceptors (Lipinski definition) is 5. The molecule has 0 saturated carbocycles. The number of nitrogens with one attached hydrogen (secondary N) is 1. The summed E-state index contributed by atoms with van der Waals surface area (Å²) in [5.41, 5.74) is 2.10. The Labute approximate surface area is 182 Å². The van der Waals surface area contributed by atoms with Crippen LogP contribution < -0.4 is 9.62 Å². The summed E-state index contributed by atoms with van der Waals surface area (Å²) < 4.78 is 26.9. The smallest absolute Gasteiger partial charge is 0.221 e. The molecule has 0 aliphatic carbocycles. The second-order valence-corrected chi connectivity index (χ2v) is 8.90. The van der Waals surface area contributed by atoms with Gasteiger partial charge in [-0.15, -0.1) is 0 Å². The van der Waals surface area contributed by atoms with Crippen molar-refractivity contribution in [2.75, 3.05) is 9.62 Å². The Morgan fingerprint density at radius 3 is 2.47 bits per heavy atom. The highest BCUT2D eigenvalue weighted by molar-refractivity contribution is 7.81. The number of halogens is 1. The van der Waals surface area contributed by atoms with Crippen LogP contribution in [-0.2, 0) is 21.5 Å². The monoisotopic (exact) mass is 446 g/mol. The zero-order valence-electron chi connectivity index (χ0n) is 16.9. The molecule has 0 aliphatic rings. The first-order valence-electron chi connectivity index (χ1n) is 9.04. The highest BCUT2D eigenvalue weighted by Crippen LogP contribution is 2.34. The number of benzene rings is 1. The van der Waals surface area contributed by atoms with E-state index in [4.69, 9.17) is 11.6 Å². The molecule has 1 unspecified atom stereocenters. The summed E-state index contributed by atoms with van der Waals surface area (Å²) in [6, 6.07) is 8.72. The first kappa shape index (κ1) is 21.9. The van der Waals surface area contributed by atoms with E-state index in [-0.39, 0.29) is 27.9 Å². The average Bonchev–Trinajstić information content (AvgIpc) is 3.09. The number of carbonyl (C=O) groups is 1. The van der Waals surface area contributed by atoms with Crippen molar-refractivity contribution in [2.24, 2.45) is 0 Å². The van der Waals surface area contributed by atoms with Gasteiger partial charge in [-0.05, 0) is 29.2 Å². The van der Waals surface area contributed by atoms with Gasteiger partial charge in [0.05, 0.1) is 45.7 Å². The van der Waals surface area contributed by atoms with Gasteiger partial charge in [-0.2, -0.15) is 5.10 Å². The Morgan fingerprint density at radius 2 is 1.90 bits per heavy atom. The molecule has 1 amide bonds.